The Morgan fingerprint density at radius 3 is 2.20 bits per heavy atom. The summed E-state index contributed by atoms with van der Waals surface area (Å²) in [7, 11) is 0. The third-order valence-electron chi connectivity index (χ3n) is 2.42. The van der Waals surface area contributed by atoms with Gasteiger partial charge in [0, 0.05) is 0 Å². The van der Waals surface area contributed by atoms with Crippen LogP contribution in [0, 0.1) is 25.2 Å². The first-order chi connectivity index (χ1) is 4.54. The zero-order valence-corrected chi connectivity index (χ0v) is 7.61. The predicted octanol–water partition coefficient (Wildman–Crippen LogP) is 3.49. The van der Waals surface area contributed by atoms with Gasteiger partial charge in [0.05, 0.1) is 0 Å². The van der Waals surface area contributed by atoms with E-state index in [1.54, 1.807) is 0 Å². The van der Waals surface area contributed by atoms with Crippen LogP contribution in [-0.2, 0) is 0 Å². The Kier molecular flexibility index (Phi) is 4.00. The topological polar surface area (TPSA) is 0 Å². The summed E-state index contributed by atoms with van der Waals surface area (Å²) < 4.78 is 0. The second kappa shape index (κ2) is 4.00. The van der Waals surface area contributed by atoms with Gasteiger partial charge >= 0.3 is 0 Å². The molecule has 60 valence electrons. The molecule has 0 saturated carbocycles. The van der Waals surface area contributed by atoms with E-state index >= 15 is 0 Å². The zero-order valence-electron chi connectivity index (χ0n) is 7.61. The van der Waals surface area contributed by atoms with E-state index in [2.05, 4.69) is 34.6 Å². The molecule has 0 nitrogen and oxygen atoms in total. The van der Waals surface area contributed by atoms with Crippen LogP contribution in [0.5, 0.6) is 0 Å². The maximum Gasteiger partial charge on any atom is -0.0326 e. The average molecular weight is 140 g/mol. The Bertz CT molecular complexity index is 82.0. The van der Waals surface area contributed by atoms with Crippen molar-refractivity contribution in [3.8, 4) is 0 Å². The lowest BCUT2D eigenvalue weighted by Crippen LogP contribution is -2.20. The van der Waals surface area contributed by atoms with Crippen molar-refractivity contribution in [1.29, 1.82) is 0 Å². The molecule has 0 spiro atoms. The first-order valence-electron chi connectivity index (χ1n) is 4.17. The minimum atomic E-state index is 0.385. The average Bonchev–Trinajstić information content (AvgIpc) is 1.86. The van der Waals surface area contributed by atoms with Gasteiger partial charge in [0.1, 0.15) is 0 Å². The highest BCUT2D eigenvalue weighted by atomic mass is 14.3. The molecule has 0 aliphatic heterocycles. The molecule has 1 atom stereocenters. The molecule has 10 heavy (non-hydrogen) atoms. The van der Waals surface area contributed by atoms with Gasteiger partial charge < -0.3 is 0 Å². The molecule has 0 aromatic rings. The summed E-state index contributed by atoms with van der Waals surface area (Å²) in [4.78, 5) is 0. The summed E-state index contributed by atoms with van der Waals surface area (Å²) in [5.74, 6) is 0.578. The Morgan fingerprint density at radius 2 is 1.90 bits per heavy atom. The van der Waals surface area contributed by atoms with E-state index in [0.29, 0.717) is 11.3 Å². The van der Waals surface area contributed by atoms with Gasteiger partial charge in [0.2, 0.25) is 0 Å². The van der Waals surface area contributed by atoms with Gasteiger partial charge in [-0.3, -0.25) is 0 Å². The van der Waals surface area contributed by atoms with Crippen molar-refractivity contribution >= 4 is 0 Å². The van der Waals surface area contributed by atoms with Gasteiger partial charge in [-0.1, -0.05) is 40.5 Å². The van der Waals surface area contributed by atoms with Crippen molar-refractivity contribution in [1.82, 2.24) is 0 Å². The lowest BCUT2D eigenvalue weighted by Gasteiger charge is -2.30. The largest absolute Gasteiger partial charge is 0.0651 e. The molecule has 0 heterocycles. The molecule has 0 fully saturated rings. The van der Waals surface area contributed by atoms with Crippen LogP contribution >= 0.6 is 0 Å². The third kappa shape index (κ3) is 2.72. The maximum atomic E-state index is 4.12. The molecule has 0 aromatic carbocycles. The fourth-order valence-corrected chi connectivity index (χ4v) is 1.21. The Labute approximate surface area is 66.0 Å². The van der Waals surface area contributed by atoms with Crippen LogP contribution in [0.25, 0.3) is 0 Å². The molecule has 0 rings (SSSR count). The first kappa shape index (κ1) is 10.0. The van der Waals surface area contributed by atoms with Crippen LogP contribution in [0.2, 0.25) is 0 Å². The normalized spacial score (nSPS) is 15.3. The maximum absolute atomic E-state index is 4.12. The van der Waals surface area contributed by atoms with Gasteiger partial charge in [0.25, 0.3) is 0 Å². The molecule has 0 bridgehead atoms. The minimum Gasteiger partial charge on any atom is -0.0651 e. The van der Waals surface area contributed by atoms with Crippen LogP contribution in [0.3, 0.4) is 0 Å². The number of rotatable bonds is 4. The van der Waals surface area contributed by atoms with Crippen LogP contribution in [0.15, 0.2) is 0 Å². The van der Waals surface area contributed by atoms with Crippen molar-refractivity contribution in [2.75, 3.05) is 0 Å². The van der Waals surface area contributed by atoms with Crippen molar-refractivity contribution in [2.45, 2.75) is 40.0 Å². The minimum absolute atomic E-state index is 0.385. The molecule has 0 amide bonds. The summed E-state index contributed by atoms with van der Waals surface area (Å²) >= 11 is 0. The molecule has 1 unspecified atom stereocenters. The van der Waals surface area contributed by atoms with E-state index in [9.17, 15) is 0 Å². The fourth-order valence-electron chi connectivity index (χ4n) is 1.21. The summed E-state index contributed by atoms with van der Waals surface area (Å²) in [6.45, 7) is 14.7. The van der Waals surface area contributed by atoms with Crippen molar-refractivity contribution < 1.29 is 0 Å². The highest BCUT2D eigenvalue weighted by Gasteiger charge is 2.22. The Balaban J connectivity index is 3.82. The van der Waals surface area contributed by atoms with Crippen LogP contribution in [0.4, 0.5) is 0 Å². The monoisotopic (exact) mass is 140 g/mol. The van der Waals surface area contributed by atoms with E-state index in [4.69, 9.17) is 0 Å². The summed E-state index contributed by atoms with van der Waals surface area (Å²) in [5, 5.41) is 0. The Hall–Kier alpha value is 0. The molecule has 0 saturated heterocycles. The summed E-state index contributed by atoms with van der Waals surface area (Å²) in [6, 6.07) is 0. The highest BCUT2D eigenvalue weighted by Crippen LogP contribution is 2.32. The van der Waals surface area contributed by atoms with Gasteiger partial charge in [0.15, 0.2) is 0 Å². The standard InChI is InChI=1S/C10H20/c1-6-8-10(4,5)9(3)7-2/h9H,1,3,6-8H2,2,4-5H3. The van der Waals surface area contributed by atoms with E-state index in [1.807, 2.05) is 0 Å². The molecule has 0 aliphatic carbocycles. The zero-order chi connectivity index (χ0) is 8.20. The quantitative estimate of drug-likeness (QED) is 0.560. The highest BCUT2D eigenvalue weighted by molar-refractivity contribution is 4.79. The summed E-state index contributed by atoms with van der Waals surface area (Å²) in [5.41, 5.74) is 0.385. The lowest BCUT2D eigenvalue weighted by molar-refractivity contribution is 0.231. The van der Waals surface area contributed by atoms with Gasteiger partial charge in [-0.05, 0) is 24.7 Å². The molecule has 0 aromatic heterocycles. The van der Waals surface area contributed by atoms with Crippen molar-refractivity contribution in [2.24, 2.45) is 11.3 Å². The lowest BCUT2D eigenvalue weighted by atomic mass is 9.75. The first-order valence-corrected chi connectivity index (χ1v) is 4.17. The molecule has 0 N–H and O–H groups in total. The van der Waals surface area contributed by atoms with Crippen molar-refractivity contribution in [3.05, 3.63) is 13.8 Å². The molecular formula is C10H20. The van der Waals surface area contributed by atoms with Crippen LogP contribution in [-0.4, -0.2) is 0 Å². The predicted molar refractivity (Wildman–Crippen MR) is 47.5 cm³/mol. The number of hydrogen-bond donors (Lipinski definition) is 0. The number of hydrogen-bond acceptors (Lipinski definition) is 0. The van der Waals surface area contributed by atoms with Gasteiger partial charge in [-0.15, -0.1) is 0 Å². The SMILES string of the molecule is [CH2]CCC(C)(C)C([CH2])CC. The molecule has 0 heteroatoms. The third-order valence-corrected chi connectivity index (χ3v) is 2.42. The van der Waals surface area contributed by atoms with E-state index in [0.717, 1.165) is 6.42 Å². The van der Waals surface area contributed by atoms with E-state index in [1.165, 1.54) is 12.8 Å². The van der Waals surface area contributed by atoms with Crippen molar-refractivity contribution in [3.63, 3.8) is 0 Å². The van der Waals surface area contributed by atoms with Gasteiger partial charge in [-0.25, -0.2) is 0 Å². The van der Waals surface area contributed by atoms with Crippen LogP contribution < -0.4 is 0 Å². The second-order valence-electron chi connectivity index (χ2n) is 3.70. The van der Waals surface area contributed by atoms with E-state index in [-0.39, 0.29) is 0 Å². The smallest absolute Gasteiger partial charge is 0.0326 e. The summed E-state index contributed by atoms with van der Waals surface area (Å²) in [6.07, 6.45) is 3.39. The fraction of sp³-hybridized carbons (Fsp3) is 0.800. The molecular weight excluding hydrogens is 120 g/mol. The molecule has 2 radical (unpaired) electrons. The molecule has 0 aliphatic rings. The Morgan fingerprint density at radius 1 is 1.40 bits per heavy atom. The van der Waals surface area contributed by atoms with Crippen LogP contribution in [0.1, 0.15) is 40.0 Å². The van der Waals surface area contributed by atoms with Gasteiger partial charge in [-0.2, -0.15) is 0 Å². The second-order valence-corrected chi connectivity index (χ2v) is 3.70. The van der Waals surface area contributed by atoms with E-state index < -0.39 is 0 Å².